The monoisotopic (exact) mass is 437 g/mol. The predicted molar refractivity (Wildman–Crippen MR) is 121 cm³/mol. The van der Waals surface area contributed by atoms with Gasteiger partial charge in [0.1, 0.15) is 18.7 Å². The van der Waals surface area contributed by atoms with E-state index in [1.165, 1.54) is 4.90 Å². The van der Waals surface area contributed by atoms with E-state index < -0.39 is 35.1 Å². The Morgan fingerprint density at radius 1 is 0.969 bits per heavy atom. The van der Waals surface area contributed by atoms with E-state index >= 15 is 0 Å². The number of rotatable bonds is 7. The number of aromatic amines is 1. The van der Waals surface area contributed by atoms with Crippen LogP contribution in [0.25, 0.3) is 10.8 Å². The molecule has 2 aromatic carbocycles. The van der Waals surface area contributed by atoms with Crippen LogP contribution in [0.2, 0.25) is 0 Å². The normalized spacial score (nSPS) is 11.3. The lowest BCUT2D eigenvalue weighted by atomic mass is 10.1. The number of fused-ring (bicyclic) bond motifs is 1. The molecule has 1 amide bonds. The van der Waals surface area contributed by atoms with Crippen LogP contribution in [0.5, 0.6) is 0 Å². The fourth-order valence-corrected chi connectivity index (χ4v) is 3.32. The predicted octanol–water partition coefficient (Wildman–Crippen LogP) is 2.10. The van der Waals surface area contributed by atoms with Crippen molar-refractivity contribution < 1.29 is 14.3 Å². The van der Waals surface area contributed by atoms with Gasteiger partial charge in [-0.2, -0.15) is 0 Å². The molecule has 0 bridgehead atoms. The van der Waals surface area contributed by atoms with Gasteiger partial charge in [0.15, 0.2) is 0 Å². The van der Waals surface area contributed by atoms with Crippen LogP contribution >= 0.6 is 0 Å². The number of nitrogens with one attached hydrogen (secondary N) is 1. The van der Waals surface area contributed by atoms with Crippen LogP contribution in [-0.4, -0.2) is 45.2 Å². The van der Waals surface area contributed by atoms with Crippen molar-refractivity contribution >= 4 is 22.6 Å². The van der Waals surface area contributed by atoms with E-state index in [1.54, 1.807) is 45.0 Å². The van der Waals surface area contributed by atoms with Crippen molar-refractivity contribution in [3.05, 3.63) is 80.9 Å². The van der Waals surface area contributed by atoms with Gasteiger partial charge in [0, 0.05) is 6.54 Å². The second-order valence-corrected chi connectivity index (χ2v) is 8.52. The highest BCUT2D eigenvalue weighted by Gasteiger charge is 2.23. The molecule has 0 fully saturated rings. The Kier molecular flexibility index (Phi) is 6.92. The Labute approximate surface area is 185 Å². The van der Waals surface area contributed by atoms with Gasteiger partial charge >= 0.3 is 5.97 Å². The molecule has 8 heteroatoms. The summed E-state index contributed by atoms with van der Waals surface area (Å²) in [5, 5.41) is 2.94. The van der Waals surface area contributed by atoms with E-state index in [9.17, 15) is 19.2 Å². The lowest BCUT2D eigenvalue weighted by Gasteiger charge is -2.25. The minimum atomic E-state index is -0.689. The van der Waals surface area contributed by atoms with Gasteiger partial charge in [0.2, 0.25) is 5.91 Å². The molecule has 0 aliphatic rings. The summed E-state index contributed by atoms with van der Waals surface area (Å²) in [6.07, 6.45) is 0.526. The average molecular weight is 437 g/mol. The van der Waals surface area contributed by atoms with Crippen molar-refractivity contribution in [2.24, 2.45) is 0 Å². The van der Waals surface area contributed by atoms with Gasteiger partial charge < -0.3 is 9.64 Å². The molecular weight excluding hydrogens is 410 g/mol. The first kappa shape index (κ1) is 23.0. The van der Waals surface area contributed by atoms with Crippen LogP contribution in [0.4, 0.5) is 0 Å². The highest BCUT2D eigenvalue weighted by Crippen LogP contribution is 2.09. The Bertz CT molecular complexity index is 1220. The van der Waals surface area contributed by atoms with Gasteiger partial charge in [-0.25, -0.2) is 4.68 Å². The quantitative estimate of drug-likeness (QED) is 0.571. The number of amides is 1. The number of H-pyrrole nitrogens is 1. The summed E-state index contributed by atoms with van der Waals surface area (Å²) < 4.78 is 6.35. The van der Waals surface area contributed by atoms with E-state index in [0.717, 1.165) is 10.2 Å². The molecular formula is C24H27N3O5. The SMILES string of the molecule is CC(C)(C)OC(=O)CN(CCc1ccccc1)C(=O)Cn1[nH]c(=O)c2ccccc2c1=O. The van der Waals surface area contributed by atoms with Crippen LogP contribution in [0.1, 0.15) is 26.3 Å². The molecule has 0 aliphatic heterocycles. The first-order valence-electron chi connectivity index (χ1n) is 10.4. The summed E-state index contributed by atoms with van der Waals surface area (Å²) >= 11 is 0. The zero-order chi connectivity index (χ0) is 23.3. The second kappa shape index (κ2) is 9.64. The van der Waals surface area contributed by atoms with Crippen molar-refractivity contribution in [3.63, 3.8) is 0 Å². The topological polar surface area (TPSA) is 101 Å². The van der Waals surface area contributed by atoms with E-state index in [4.69, 9.17) is 4.74 Å². The first-order valence-corrected chi connectivity index (χ1v) is 10.4. The van der Waals surface area contributed by atoms with Gasteiger partial charge in [-0.3, -0.25) is 24.3 Å². The van der Waals surface area contributed by atoms with Gasteiger partial charge in [0.25, 0.3) is 11.1 Å². The van der Waals surface area contributed by atoms with Crippen LogP contribution in [-0.2, 0) is 27.3 Å². The van der Waals surface area contributed by atoms with E-state index in [0.29, 0.717) is 6.42 Å². The molecule has 1 heterocycles. The summed E-state index contributed by atoms with van der Waals surface area (Å²) in [6, 6.07) is 16.0. The zero-order valence-electron chi connectivity index (χ0n) is 18.5. The van der Waals surface area contributed by atoms with Crippen LogP contribution in [0.3, 0.4) is 0 Å². The molecule has 8 nitrogen and oxygen atoms in total. The highest BCUT2D eigenvalue weighted by atomic mass is 16.6. The molecule has 1 aromatic heterocycles. The maximum Gasteiger partial charge on any atom is 0.326 e. The summed E-state index contributed by atoms with van der Waals surface area (Å²) in [4.78, 5) is 51.9. The molecule has 168 valence electrons. The standard InChI is InChI=1S/C24H27N3O5/c1-24(2,3)32-21(29)16-26(14-13-17-9-5-4-6-10-17)20(28)15-27-23(31)19-12-8-7-11-18(19)22(30)25-27/h4-12H,13-16H2,1-3H3,(H,25,30). The molecule has 32 heavy (non-hydrogen) atoms. The van der Waals surface area contributed by atoms with Gasteiger partial charge in [-0.15, -0.1) is 0 Å². The Balaban J connectivity index is 1.83. The lowest BCUT2D eigenvalue weighted by Crippen LogP contribution is -2.43. The summed E-state index contributed by atoms with van der Waals surface area (Å²) in [7, 11) is 0. The number of ether oxygens (including phenoxy) is 1. The fraction of sp³-hybridized carbons (Fsp3) is 0.333. The van der Waals surface area contributed by atoms with Gasteiger partial charge in [-0.05, 0) is 44.9 Å². The minimum Gasteiger partial charge on any atom is -0.459 e. The molecule has 0 atom stereocenters. The maximum absolute atomic E-state index is 13.1. The Morgan fingerprint density at radius 3 is 2.25 bits per heavy atom. The van der Waals surface area contributed by atoms with Crippen molar-refractivity contribution in [1.29, 1.82) is 0 Å². The zero-order valence-corrected chi connectivity index (χ0v) is 18.5. The summed E-state index contributed by atoms with van der Waals surface area (Å²) in [5.74, 6) is -1.02. The van der Waals surface area contributed by atoms with Crippen LogP contribution in [0.15, 0.2) is 64.2 Å². The molecule has 0 unspecified atom stereocenters. The third kappa shape index (κ3) is 5.94. The minimum absolute atomic E-state index is 0.229. The average Bonchev–Trinajstić information content (AvgIpc) is 2.74. The summed E-state index contributed by atoms with van der Waals surface area (Å²) in [5.41, 5.74) is -0.623. The molecule has 0 saturated heterocycles. The smallest absolute Gasteiger partial charge is 0.326 e. The third-order valence-electron chi connectivity index (χ3n) is 4.78. The number of carbonyl (C=O) groups is 2. The van der Waals surface area contributed by atoms with Crippen molar-refractivity contribution in [2.45, 2.75) is 39.3 Å². The second-order valence-electron chi connectivity index (χ2n) is 8.52. The Morgan fingerprint density at radius 2 is 1.59 bits per heavy atom. The largest absolute Gasteiger partial charge is 0.459 e. The summed E-state index contributed by atoms with van der Waals surface area (Å²) in [6.45, 7) is 4.86. The molecule has 0 radical (unpaired) electrons. The van der Waals surface area contributed by atoms with Crippen LogP contribution in [0, 0.1) is 0 Å². The fourth-order valence-electron chi connectivity index (χ4n) is 3.32. The van der Waals surface area contributed by atoms with Crippen molar-refractivity contribution in [2.75, 3.05) is 13.1 Å². The first-order chi connectivity index (χ1) is 15.1. The van der Waals surface area contributed by atoms with E-state index in [-0.39, 0.29) is 23.9 Å². The molecule has 1 N–H and O–H groups in total. The number of esters is 1. The number of aromatic nitrogens is 2. The van der Waals surface area contributed by atoms with E-state index in [2.05, 4.69) is 5.10 Å². The van der Waals surface area contributed by atoms with Crippen molar-refractivity contribution in [1.82, 2.24) is 14.7 Å². The Hall–Kier alpha value is -3.68. The molecule has 3 aromatic rings. The van der Waals surface area contributed by atoms with Gasteiger partial charge in [-0.1, -0.05) is 42.5 Å². The number of hydrogen-bond acceptors (Lipinski definition) is 5. The molecule has 0 spiro atoms. The van der Waals surface area contributed by atoms with Crippen LogP contribution < -0.4 is 11.1 Å². The number of nitrogens with zero attached hydrogens (tertiary/aromatic N) is 2. The molecule has 3 rings (SSSR count). The third-order valence-corrected chi connectivity index (χ3v) is 4.78. The van der Waals surface area contributed by atoms with Gasteiger partial charge in [0.05, 0.1) is 10.8 Å². The molecule has 0 saturated carbocycles. The molecule has 0 aliphatic carbocycles. The number of hydrogen-bond donors (Lipinski definition) is 1. The van der Waals surface area contributed by atoms with Crippen molar-refractivity contribution in [3.8, 4) is 0 Å². The number of benzene rings is 2. The highest BCUT2D eigenvalue weighted by molar-refractivity contribution is 5.83. The maximum atomic E-state index is 13.1. The number of carbonyl (C=O) groups excluding carboxylic acids is 2. The lowest BCUT2D eigenvalue weighted by molar-refractivity contribution is -0.159. The van der Waals surface area contributed by atoms with E-state index in [1.807, 2.05) is 30.3 Å².